The Morgan fingerprint density at radius 2 is 2.11 bits per heavy atom. The van der Waals surface area contributed by atoms with Crippen LogP contribution in [0.3, 0.4) is 0 Å². The monoisotopic (exact) mass is 404 g/mol. The van der Waals surface area contributed by atoms with Crippen molar-refractivity contribution in [3.05, 3.63) is 69.3 Å². The number of hydrogen-bond donors (Lipinski definition) is 1. The van der Waals surface area contributed by atoms with E-state index in [0.717, 1.165) is 5.76 Å². The van der Waals surface area contributed by atoms with Gasteiger partial charge in [0.05, 0.1) is 32.1 Å². The summed E-state index contributed by atoms with van der Waals surface area (Å²) in [5.74, 6) is 1.24. The average molecular weight is 405 g/mol. The molecular weight excluding hydrogens is 384 g/mol. The first kappa shape index (κ1) is 19.5. The van der Waals surface area contributed by atoms with Crippen molar-refractivity contribution < 1.29 is 13.9 Å². The van der Waals surface area contributed by atoms with Crippen LogP contribution >= 0.6 is 22.9 Å². The van der Waals surface area contributed by atoms with Crippen LogP contribution in [0.15, 0.2) is 53.1 Å². The van der Waals surface area contributed by atoms with Crippen LogP contribution in [0.2, 0.25) is 5.02 Å². The minimum atomic E-state index is -0.143. The third-order valence-electron chi connectivity index (χ3n) is 3.94. The second kappa shape index (κ2) is 9.08. The molecule has 3 rings (SSSR count). The Morgan fingerprint density at radius 3 is 2.78 bits per heavy atom. The highest BCUT2D eigenvalue weighted by Gasteiger charge is 2.16. The van der Waals surface area contributed by atoms with Gasteiger partial charge in [0.25, 0.3) is 0 Å². The Kier molecular flexibility index (Phi) is 6.55. The summed E-state index contributed by atoms with van der Waals surface area (Å²) < 4.78 is 10.7. The Labute approximate surface area is 167 Å². The molecule has 2 aromatic heterocycles. The lowest BCUT2D eigenvalue weighted by Crippen LogP contribution is -2.32. The van der Waals surface area contributed by atoms with Crippen LogP contribution < -0.4 is 10.1 Å². The van der Waals surface area contributed by atoms with Crippen molar-refractivity contribution in [1.29, 1.82) is 0 Å². The summed E-state index contributed by atoms with van der Waals surface area (Å²) in [6, 6.07) is 13.1. The van der Waals surface area contributed by atoms with Crippen LogP contribution in [0, 0.1) is 6.92 Å². The molecule has 0 unspecified atom stereocenters. The second-order valence-corrected chi connectivity index (χ2v) is 7.94. The van der Waals surface area contributed by atoms with Gasteiger partial charge in [0.1, 0.15) is 11.5 Å². The smallest absolute Gasteiger partial charge is 0.238 e. The van der Waals surface area contributed by atoms with Crippen LogP contribution in [0.5, 0.6) is 5.75 Å². The maximum atomic E-state index is 12.6. The quantitative estimate of drug-likeness (QED) is 0.577. The normalized spacial score (nSPS) is 11.0. The number of aryl methyl sites for hydroxylation is 1. The van der Waals surface area contributed by atoms with Crippen molar-refractivity contribution in [2.75, 3.05) is 19.0 Å². The molecule has 0 aliphatic rings. The van der Waals surface area contributed by atoms with Gasteiger partial charge in [0.15, 0.2) is 0 Å². The molecular formula is C20H21ClN2O3S. The van der Waals surface area contributed by atoms with Crippen LogP contribution in [0.4, 0.5) is 5.69 Å². The predicted octanol–water partition coefficient (Wildman–Crippen LogP) is 4.95. The number of halogens is 1. The van der Waals surface area contributed by atoms with E-state index in [2.05, 4.69) is 24.4 Å². The number of hydrogen-bond acceptors (Lipinski definition) is 5. The molecule has 7 heteroatoms. The van der Waals surface area contributed by atoms with E-state index < -0.39 is 0 Å². The van der Waals surface area contributed by atoms with Crippen LogP contribution in [0.1, 0.15) is 15.5 Å². The molecule has 0 fully saturated rings. The van der Waals surface area contributed by atoms with Crippen molar-refractivity contribution in [2.24, 2.45) is 0 Å². The average Bonchev–Trinajstić information content (AvgIpc) is 3.27. The highest BCUT2D eigenvalue weighted by Crippen LogP contribution is 2.27. The fraction of sp³-hybridized carbons (Fsp3) is 0.250. The minimum Gasteiger partial charge on any atom is -0.495 e. The molecule has 0 radical (unpaired) electrons. The van der Waals surface area contributed by atoms with E-state index in [1.54, 1.807) is 42.9 Å². The van der Waals surface area contributed by atoms with E-state index in [4.69, 9.17) is 20.8 Å². The Morgan fingerprint density at radius 1 is 1.26 bits per heavy atom. The Balaban J connectivity index is 1.70. The van der Waals surface area contributed by atoms with Gasteiger partial charge in [-0.15, -0.1) is 11.3 Å². The van der Waals surface area contributed by atoms with Crippen LogP contribution in [-0.4, -0.2) is 24.5 Å². The van der Waals surface area contributed by atoms with Gasteiger partial charge in [-0.1, -0.05) is 11.6 Å². The van der Waals surface area contributed by atoms with Gasteiger partial charge in [-0.25, -0.2) is 0 Å². The molecule has 3 aromatic rings. The Hall–Kier alpha value is -2.28. The van der Waals surface area contributed by atoms with Gasteiger partial charge >= 0.3 is 0 Å². The van der Waals surface area contributed by atoms with E-state index in [1.807, 2.05) is 17.0 Å². The molecule has 5 nitrogen and oxygen atoms in total. The van der Waals surface area contributed by atoms with Crippen molar-refractivity contribution in [3.8, 4) is 5.75 Å². The number of furan rings is 1. The summed E-state index contributed by atoms with van der Waals surface area (Å²) in [7, 11) is 1.56. The zero-order chi connectivity index (χ0) is 19.2. The number of carbonyl (C=O) groups is 1. The Bertz CT molecular complexity index is 893. The predicted molar refractivity (Wildman–Crippen MR) is 109 cm³/mol. The fourth-order valence-electron chi connectivity index (χ4n) is 2.75. The van der Waals surface area contributed by atoms with Gasteiger partial charge < -0.3 is 14.5 Å². The van der Waals surface area contributed by atoms with Crippen LogP contribution in [0.25, 0.3) is 0 Å². The summed E-state index contributed by atoms with van der Waals surface area (Å²) in [5, 5.41) is 3.42. The summed E-state index contributed by atoms with van der Waals surface area (Å²) in [6.07, 6.45) is 1.64. The first-order chi connectivity index (χ1) is 13.0. The number of anilines is 1. The lowest BCUT2D eigenvalue weighted by atomic mass is 10.3. The summed E-state index contributed by atoms with van der Waals surface area (Å²) in [6.45, 7) is 3.50. The van der Waals surface area contributed by atoms with Gasteiger partial charge in [-0.3, -0.25) is 9.69 Å². The van der Waals surface area contributed by atoms with Gasteiger partial charge in [0.2, 0.25) is 5.91 Å². The highest BCUT2D eigenvalue weighted by molar-refractivity contribution is 7.11. The first-order valence-electron chi connectivity index (χ1n) is 8.47. The molecule has 1 aromatic carbocycles. The van der Waals surface area contributed by atoms with Gasteiger partial charge in [-0.05, 0) is 49.4 Å². The second-order valence-electron chi connectivity index (χ2n) is 6.13. The fourth-order valence-corrected chi connectivity index (χ4v) is 3.86. The molecule has 0 aliphatic carbocycles. The third kappa shape index (κ3) is 5.60. The molecule has 1 amide bonds. The number of amides is 1. The van der Waals surface area contributed by atoms with E-state index in [0.29, 0.717) is 29.5 Å². The van der Waals surface area contributed by atoms with Gasteiger partial charge in [0, 0.05) is 21.3 Å². The number of benzene rings is 1. The number of nitrogens with one attached hydrogen (secondary N) is 1. The topological polar surface area (TPSA) is 54.7 Å². The van der Waals surface area contributed by atoms with E-state index >= 15 is 0 Å². The molecule has 142 valence electrons. The standard InChI is InChI=1S/C20H21ClN2O3S/c1-14-5-7-17(27-14)12-23(11-16-4-3-9-26-16)13-20(24)22-18-10-15(21)6-8-19(18)25-2/h3-10H,11-13H2,1-2H3,(H,22,24). The molecule has 0 bridgehead atoms. The van der Waals surface area contributed by atoms with Gasteiger partial charge in [-0.2, -0.15) is 0 Å². The number of ether oxygens (including phenoxy) is 1. The van der Waals surface area contributed by atoms with Crippen molar-refractivity contribution >= 4 is 34.5 Å². The molecule has 1 N–H and O–H groups in total. The molecule has 0 aliphatic heterocycles. The number of nitrogens with zero attached hydrogens (tertiary/aromatic N) is 1. The van der Waals surface area contributed by atoms with E-state index in [9.17, 15) is 4.79 Å². The lowest BCUT2D eigenvalue weighted by molar-refractivity contribution is -0.117. The number of rotatable bonds is 8. The molecule has 0 saturated heterocycles. The van der Waals surface area contributed by atoms with Crippen molar-refractivity contribution in [3.63, 3.8) is 0 Å². The maximum Gasteiger partial charge on any atom is 0.238 e. The summed E-state index contributed by atoms with van der Waals surface area (Å²) in [5.41, 5.74) is 0.555. The molecule has 0 saturated carbocycles. The summed E-state index contributed by atoms with van der Waals surface area (Å²) >= 11 is 7.77. The van der Waals surface area contributed by atoms with Crippen molar-refractivity contribution in [2.45, 2.75) is 20.0 Å². The summed E-state index contributed by atoms with van der Waals surface area (Å²) in [4.78, 5) is 17.1. The molecule has 2 heterocycles. The molecule has 27 heavy (non-hydrogen) atoms. The molecule has 0 atom stereocenters. The zero-order valence-electron chi connectivity index (χ0n) is 15.2. The van der Waals surface area contributed by atoms with Crippen LogP contribution in [-0.2, 0) is 17.9 Å². The number of methoxy groups -OCH3 is 1. The largest absolute Gasteiger partial charge is 0.495 e. The van der Waals surface area contributed by atoms with E-state index in [-0.39, 0.29) is 12.5 Å². The SMILES string of the molecule is COc1ccc(Cl)cc1NC(=O)CN(Cc1ccco1)Cc1ccc(C)s1. The number of thiophene rings is 1. The molecule has 0 spiro atoms. The number of carbonyl (C=O) groups excluding carboxylic acids is 1. The minimum absolute atomic E-state index is 0.143. The lowest BCUT2D eigenvalue weighted by Gasteiger charge is -2.20. The highest BCUT2D eigenvalue weighted by atomic mass is 35.5. The van der Waals surface area contributed by atoms with E-state index in [1.165, 1.54) is 9.75 Å². The maximum absolute atomic E-state index is 12.6. The third-order valence-corrected chi connectivity index (χ3v) is 5.16. The van der Waals surface area contributed by atoms with Crippen molar-refractivity contribution in [1.82, 2.24) is 4.90 Å². The first-order valence-corrected chi connectivity index (χ1v) is 9.66. The zero-order valence-corrected chi connectivity index (χ0v) is 16.8.